The summed E-state index contributed by atoms with van der Waals surface area (Å²) in [5, 5.41) is 10.6. The average molecular weight is 1410 g/mol. The smallest absolute Gasteiger partial charge is 0.462 e. The maximum Gasteiger partial charge on any atom is 0.472 e. The number of phosphoric acid groups is 2. The molecule has 0 fully saturated rings. The summed E-state index contributed by atoms with van der Waals surface area (Å²) in [7, 11) is -9.91. The Balaban J connectivity index is 5.22. The zero-order valence-electron chi connectivity index (χ0n) is 62.7. The fourth-order valence-corrected chi connectivity index (χ4v) is 13.4. The van der Waals surface area contributed by atoms with Crippen LogP contribution in [0.5, 0.6) is 0 Å². The van der Waals surface area contributed by atoms with Crippen molar-refractivity contribution in [1.82, 2.24) is 0 Å². The van der Waals surface area contributed by atoms with E-state index in [0.29, 0.717) is 31.6 Å². The number of hydrogen-bond donors (Lipinski definition) is 3. The number of phosphoric ester groups is 2. The molecule has 0 rings (SSSR count). The van der Waals surface area contributed by atoms with Gasteiger partial charge < -0.3 is 33.8 Å². The quantitative estimate of drug-likeness (QED) is 0.0222. The van der Waals surface area contributed by atoms with Crippen molar-refractivity contribution in [3.63, 3.8) is 0 Å². The molecule has 5 atom stereocenters. The summed E-state index contributed by atoms with van der Waals surface area (Å²) in [5.74, 6) is -0.633. The van der Waals surface area contributed by atoms with Gasteiger partial charge in [-0.3, -0.25) is 37.3 Å². The van der Waals surface area contributed by atoms with Gasteiger partial charge in [0, 0.05) is 25.7 Å². The first-order valence-corrected chi connectivity index (χ1v) is 43.0. The normalized spacial score (nSPS) is 14.0. The second kappa shape index (κ2) is 68.8. The van der Waals surface area contributed by atoms with Gasteiger partial charge in [0.05, 0.1) is 26.4 Å². The molecule has 96 heavy (non-hydrogen) atoms. The van der Waals surface area contributed by atoms with Crippen LogP contribution in [0, 0.1) is 11.8 Å². The molecule has 17 nitrogen and oxygen atoms in total. The van der Waals surface area contributed by atoms with E-state index in [9.17, 15) is 43.2 Å². The summed E-state index contributed by atoms with van der Waals surface area (Å²) >= 11 is 0. The number of aliphatic hydroxyl groups excluding tert-OH is 1. The van der Waals surface area contributed by atoms with Crippen LogP contribution in [0.15, 0.2) is 0 Å². The van der Waals surface area contributed by atoms with Crippen molar-refractivity contribution < 1.29 is 80.2 Å². The summed E-state index contributed by atoms with van der Waals surface area (Å²) < 4.78 is 68.5. The van der Waals surface area contributed by atoms with Crippen LogP contribution in [-0.4, -0.2) is 96.7 Å². The SMILES string of the molecule is CCCCCCCCCCCCCCCCCCCC(=O)OC[C@H](COP(=O)(O)OC[C@@H](O)COP(=O)(O)OC[C@@H](COC(=O)CCCCCCCCC(C)C)OC(=O)CCCCCCCCCCCCCC)OC(=O)CCCCCCCCCCCCCCCCCC(C)C. The number of unbranched alkanes of at least 4 members (excludes halogenated alkanes) is 46. The highest BCUT2D eigenvalue weighted by molar-refractivity contribution is 7.47. The highest BCUT2D eigenvalue weighted by atomic mass is 31.2. The van der Waals surface area contributed by atoms with E-state index < -0.39 is 97.5 Å². The molecule has 570 valence electrons. The highest BCUT2D eigenvalue weighted by Crippen LogP contribution is 2.45. The predicted molar refractivity (Wildman–Crippen MR) is 391 cm³/mol. The Labute approximate surface area is 588 Å². The van der Waals surface area contributed by atoms with Crippen LogP contribution in [0.4, 0.5) is 0 Å². The van der Waals surface area contributed by atoms with Crippen LogP contribution < -0.4 is 0 Å². The first-order valence-electron chi connectivity index (χ1n) is 40.0. The lowest BCUT2D eigenvalue weighted by molar-refractivity contribution is -0.161. The van der Waals surface area contributed by atoms with E-state index in [0.717, 1.165) is 102 Å². The maximum atomic E-state index is 13.1. The van der Waals surface area contributed by atoms with Crippen molar-refractivity contribution in [3.8, 4) is 0 Å². The molecule has 19 heteroatoms. The molecule has 0 aliphatic carbocycles. The van der Waals surface area contributed by atoms with Crippen LogP contribution in [0.3, 0.4) is 0 Å². The van der Waals surface area contributed by atoms with E-state index >= 15 is 0 Å². The fraction of sp³-hybridized carbons (Fsp3) is 0.948. The zero-order chi connectivity index (χ0) is 70.7. The number of esters is 4. The van der Waals surface area contributed by atoms with E-state index in [1.165, 1.54) is 212 Å². The van der Waals surface area contributed by atoms with Crippen molar-refractivity contribution in [2.75, 3.05) is 39.6 Å². The fourth-order valence-electron chi connectivity index (χ4n) is 11.8. The molecule has 2 unspecified atom stereocenters. The van der Waals surface area contributed by atoms with Gasteiger partial charge in [-0.05, 0) is 37.5 Å². The van der Waals surface area contributed by atoms with E-state index in [4.69, 9.17) is 37.0 Å². The van der Waals surface area contributed by atoms with Crippen LogP contribution in [0.2, 0.25) is 0 Å². The minimum atomic E-state index is -4.96. The van der Waals surface area contributed by atoms with Gasteiger partial charge in [-0.15, -0.1) is 0 Å². The van der Waals surface area contributed by atoms with Gasteiger partial charge in [0.15, 0.2) is 12.2 Å². The van der Waals surface area contributed by atoms with Crippen LogP contribution >= 0.6 is 15.6 Å². The summed E-state index contributed by atoms with van der Waals surface area (Å²) in [5.41, 5.74) is 0. The molecule has 0 aromatic heterocycles. The number of ether oxygens (including phenoxy) is 4. The molecule has 0 amide bonds. The van der Waals surface area contributed by atoms with Crippen molar-refractivity contribution >= 4 is 39.5 Å². The van der Waals surface area contributed by atoms with Crippen molar-refractivity contribution in [2.45, 2.75) is 419 Å². The van der Waals surface area contributed by atoms with Gasteiger partial charge in [-0.2, -0.15) is 0 Å². The van der Waals surface area contributed by atoms with E-state index in [1.807, 2.05) is 0 Å². The number of carbonyl (C=O) groups is 4. The molecule has 0 saturated heterocycles. The van der Waals surface area contributed by atoms with Gasteiger partial charge >= 0.3 is 39.5 Å². The van der Waals surface area contributed by atoms with E-state index in [2.05, 4.69) is 41.5 Å². The van der Waals surface area contributed by atoms with Gasteiger partial charge in [-0.1, -0.05) is 350 Å². The molecule has 3 N–H and O–H groups in total. The molecule has 0 aromatic rings. The van der Waals surface area contributed by atoms with Crippen LogP contribution in [0.1, 0.15) is 401 Å². The second-order valence-electron chi connectivity index (χ2n) is 28.7. The number of hydrogen-bond acceptors (Lipinski definition) is 15. The van der Waals surface area contributed by atoms with Crippen molar-refractivity contribution in [3.05, 3.63) is 0 Å². The lowest BCUT2D eigenvalue weighted by atomic mass is 10.0. The number of aliphatic hydroxyl groups is 1. The van der Waals surface area contributed by atoms with Gasteiger partial charge in [-0.25, -0.2) is 9.13 Å². The molecule has 0 saturated carbocycles. The molecular weight excluding hydrogens is 1260 g/mol. The Morgan fingerprint density at radius 1 is 0.281 bits per heavy atom. The average Bonchev–Trinajstić information content (AvgIpc) is 1.59. The predicted octanol–water partition coefficient (Wildman–Crippen LogP) is 22.7. The number of rotatable bonds is 76. The Morgan fingerprint density at radius 3 is 0.708 bits per heavy atom. The largest absolute Gasteiger partial charge is 0.472 e. The van der Waals surface area contributed by atoms with Gasteiger partial charge in [0.2, 0.25) is 0 Å². The Hall–Kier alpha value is -1.94. The first kappa shape index (κ1) is 94.1. The van der Waals surface area contributed by atoms with E-state index in [-0.39, 0.29) is 25.7 Å². The third-order valence-corrected chi connectivity index (χ3v) is 19.9. The van der Waals surface area contributed by atoms with Gasteiger partial charge in [0.1, 0.15) is 19.3 Å². The van der Waals surface area contributed by atoms with Crippen LogP contribution in [0.25, 0.3) is 0 Å². The van der Waals surface area contributed by atoms with Crippen molar-refractivity contribution in [2.24, 2.45) is 11.8 Å². The Morgan fingerprint density at radius 2 is 0.479 bits per heavy atom. The molecule has 0 spiro atoms. The third-order valence-electron chi connectivity index (χ3n) is 18.0. The monoisotopic (exact) mass is 1410 g/mol. The minimum Gasteiger partial charge on any atom is -0.462 e. The molecule has 0 radical (unpaired) electrons. The molecule has 0 aliphatic heterocycles. The molecule has 0 aliphatic rings. The lowest BCUT2D eigenvalue weighted by Crippen LogP contribution is -2.30. The summed E-state index contributed by atoms with van der Waals surface area (Å²) in [6.07, 6.45) is 57.0. The first-order chi connectivity index (χ1) is 46.4. The van der Waals surface area contributed by atoms with Gasteiger partial charge in [0.25, 0.3) is 0 Å². The molecular formula is C77H150O17P2. The van der Waals surface area contributed by atoms with E-state index in [1.54, 1.807) is 0 Å². The molecule has 0 bridgehead atoms. The van der Waals surface area contributed by atoms with Crippen molar-refractivity contribution in [1.29, 1.82) is 0 Å². The van der Waals surface area contributed by atoms with Crippen LogP contribution in [-0.2, 0) is 65.4 Å². The Kier molecular flexibility index (Phi) is 67.4. The molecule has 0 heterocycles. The lowest BCUT2D eigenvalue weighted by Gasteiger charge is -2.21. The minimum absolute atomic E-state index is 0.106. The standard InChI is InChI=1S/C77H150O17P2/c1-7-9-11-13-15-17-19-21-22-23-26-29-33-36-40-47-53-59-74(79)87-65-72(93-77(82)62-56-50-42-38-34-30-27-24-25-28-31-35-39-45-51-57-69(3)4)67-91-95(83,84)89-63-71(78)64-90-96(85,86)92-68-73(66-88-75(80)60-54-48-44-43-46-52-58-70(5)6)94-76(81)61-55-49-41-37-32-20-18-16-14-12-10-8-2/h69-73,78H,7-68H2,1-6H3,(H,83,84)(H,85,86)/t71-,72-,73-/m1/s1. The summed E-state index contributed by atoms with van der Waals surface area (Å²) in [6.45, 7) is 9.55. The third kappa shape index (κ3) is 70.5. The molecule has 0 aromatic carbocycles. The highest BCUT2D eigenvalue weighted by Gasteiger charge is 2.30. The summed E-state index contributed by atoms with van der Waals surface area (Å²) in [6, 6.07) is 0. The number of carbonyl (C=O) groups excluding carboxylic acids is 4. The zero-order valence-corrected chi connectivity index (χ0v) is 64.5. The topological polar surface area (TPSA) is 237 Å². The maximum absolute atomic E-state index is 13.1. The Bertz CT molecular complexity index is 1860. The summed E-state index contributed by atoms with van der Waals surface area (Å²) in [4.78, 5) is 72.8. The second-order valence-corrected chi connectivity index (χ2v) is 31.6.